The van der Waals surface area contributed by atoms with Crippen LogP contribution in [0.5, 0.6) is 0 Å². The largest absolute Gasteiger partial charge is 0.463 e. The summed E-state index contributed by atoms with van der Waals surface area (Å²) in [5.74, 6) is 1.47. The van der Waals surface area contributed by atoms with Crippen LogP contribution in [0, 0.1) is 6.92 Å². The molecule has 0 unspecified atom stereocenters. The van der Waals surface area contributed by atoms with Crippen LogP contribution in [-0.2, 0) is 0 Å². The highest BCUT2D eigenvalue weighted by Crippen LogP contribution is 2.19. The Morgan fingerprint density at radius 2 is 2.05 bits per heavy atom. The zero-order valence-electron chi connectivity index (χ0n) is 11.4. The Bertz CT molecular complexity index is 760. The number of anilines is 1. The summed E-state index contributed by atoms with van der Waals surface area (Å²) in [4.78, 5) is 4.54. The standard InChI is InChI=1S/C16H15N3O/c1-11-10-16(17-14-7-4-3-6-13(11)14)19-18-12(2)15-8-5-9-20-15/h3-10H,1-2H3,(H,17,19). The van der Waals surface area contributed by atoms with Crippen LogP contribution in [0.3, 0.4) is 0 Å². The molecule has 3 rings (SSSR count). The zero-order valence-corrected chi connectivity index (χ0v) is 11.4. The molecule has 1 N–H and O–H groups in total. The SMILES string of the molecule is CC(=NNc1cc(C)c2ccccc2n1)c1ccco1. The number of hydrogen-bond acceptors (Lipinski definition) is 4. The molecule has 2 heterocycles. The van der Waals surface area contributed by atoms with Crippen molar-refractivity contribution in [2.75, 3.05) is 5.43 Å². The van der Waals surface area contributed by atoms with E-state index in [1.54, 1.807) is 6.26 Å². The molecule has 2 aromatic heterocycles. The summed E-state index contributed by atoms with van der Waals surface area (Å²) in [6.45, 7) is 3.96. The molecule has 0 amide bonds. The van der Waals surface area contributed by atoms with Gasteiger partial charge in [0.15, 0.2) is 0 Å². The quantitative estimate of drug-likeness (QED) is 0.575. The fourth-order valence-corrected chi connectivity index (χ4v) is 2.09. The van der Waals surface area contributed by atoms with Crippen LogP contribution in [0.1, 0.15) is 18.2 Å². The summed E-state index contributed by atoms with van der Waals surface area (Å²) < 4.78 is 5.29. The normalized spacial score (nSPS) is 11.8. The molecule has 0 bridgehead atoms. The first-order valence-electron chi connectivity index (χ1n) is 6.44. The van der Waals surface area contributed by atoms with Gasteiger partial charge in [-0.25, -0.2) is 4.98 Å². The van der Waals surface area contributed by atoms with E-state index in [0.29, 0.717) is 0 Å². The number of furan rings is 1. The van der Waals surface area contributed by atoms with Crippen molar-refractivity contribution in [1.29, 1.82) is 0 Å². The minimum Gasteiger partial charge on any atom is -0.463 e. The number of aromatic nitrogens is 1. The number of nitrogens with zero attached hydrogens (tertiary/aromatic N) is 2. The summed E-state index contributed by atoms with van der Waals surface area (Å²) >= 11 is 0. The average Bonchev–Trinajstić information content (AvgIpc) is 2.99. The molecule has 3 aromatic rings. The predicted molar refractivity (Wildman–Crippen MR) is 81.0 cm³/mol. The Labute approximate surface area is 117 Å². The van der Waals surface area contributed by atoms with Gasteiger partial charge >= 0.3 is 0 Å². The molecule has 20 heavy (non-hydrogen) atoms. The van der Waals surface area contributed by atoms with Crippen molar-refractivity contribution in [1.82, 2.24) is 4.98 Å². The summed E-state index contributed by atoms with van der Waals surface area (Å²) in [7, 11) is 0. The van der Waals surface area contributed by atoms with Crippen molar-refractivity contribution in [2.45, 2.75) is 13.8 Å². The monoisotopic (exact) mass is 265 g/mol. The fraction of sp³-hybridized carbons (Fsp3) is 0.125. The predicted octanol–water partition coefficient (Wildman–Crippen LogP) is 3.97. The van der Waals surface area contributed by atoms with E-state index in [1.165, 1.54) is 5.56 Å². The maximum Gasteiger partial charge on any atom is 0.149 e. The first-order chi connectivity index (χ1) is 9.74. The third kappa shape index (κ3) is 2.40. The summed E-state index contributed by atoms with van der Waals surface area (Å²) in [5, 5.41) is 5.45. The van der Waals surface area contributed by atoms with Crippen LogP contribution < -0.4 is 5.43 Å². The number of benzene rings is 1. The van der Waals surface area contributed by atoms with E-state index in [-0.39, 0.29) is 0 Å². The molecule has 0 aliphatic heterocycles. The lowest BCUT2D eigenvalue weighted by atomic mass is 10.1. The van der Waals surface area contributed by atoms with Gasteiger partial charge < -0.3 is 4.42 Å². The molecule has 0 atom stereocenters. The van der Waals surface area contributed by atoms with Crippen LogP contribution in [0.25, 0.3) is 10.9 Å². The maximum atomic E-state index is 5.29. The number of pyridine rings is 1. The van der Waals surface area contributed by atoms with Crippen LogP contribution in [-0.4, -0.2) is 10.7 Å². The number of hydrogen-bond donors (Lipinski definition) is 1. The molecule has 0 radical (unpaired) electrons. The van der Waals surface area contributed by atoms with Crippen molar-refractivity contribution in [3.63, 3.8) is 0 Å². The fourth-order valence-electron chi connectivity index (χ4n) is 2.09. The number of para-hydroxylation sites is 1. The Hall–Kier alpha value is -2.62. The molecule has 0 spiro atoms. The van der Waals surface area contributed by atoms with Crippen molar-refractivity contribution in [3.8, 4) is 0 Å². The number of aryl methyl sites for hydroxylation is 1. The van der Waals surface area contributed by atoms with E-state index in [0.717, 1.165) is 28.2 Å². The van der Waals surface area contributed by atoms with Crippen molar-refractivity contribution in [3.05, 3.63) is 60.1 Å². The average molecular weight is 265 g/mol. The Morgan fingerprint density at radius 1 is 1.20 bits per heavy atom. The molecule has 4 heteroatoms. The number of nitrogens with one attached hydrogen (secondary N) is 1. The highest BCUT2D eigenvalue weighted by Gasteiger charge is 2.03. The van der Waals surface area contributed by atoms with Gasteiger partial charge in [-0.1, -0.05) is 18.2 Å². The van der Waals surface area contributed by atoms with E-state index in [9.17, 15) is 0 Å². The first-order valence-corrected chi connectivity index (χ1v) is 6.44. The van der Waals surface area contributed by atoms with Crippen LogP contribution in [0.15, 0.2) is 58.2 Å². The molecule has 0 fully saturated rings. The lowest BCUT2D eigenvalue weighted by Crippen LogP contribution is -2.00. The third-order valence-electron chi connectivity index (χ3n) is 3.14. The van der Waals surface area contributed by atoms with E-state index < -0.39 is 0 Å². The lowest BCUT2D eigenvalue weighted by Gasteiger charge is -2.06. The molecule has 1 aromatic carbocycles. The minimum absolute atomic E-state index is 0.729. The van der Waals surface area contributed by atoms with E-state index in [2.05, 4.69) is 28.5 Å². The van der Waals surface area contributed by atoms with Gasteiger partial charge in [0.2, 0.25) is 0 Å². The van der Waals surface area contributed by atoms with Gasteiger partial charge in [0.25, 0.3) is 0 Å². The molecule has 4 nitrogen and oxygen atoms in total. The van der Waals surface area contributed by atoms with E-state index in [1.807, 2.05) is 43.3 Å². The zero-order chi connectivity index (χ0) is 13.9. The van der Waals surface area contributed by atoms with Crippen LogP contribution >= 0.6 is 0 Å². The van der Waals surface area contributed by atoms with Crippen molar-refractivity contribution >= 4 is 22.4 Å². The van der Waals surface area contributed by atoms with Crippen LogP contribution in [0.4, 0.5) is 5.82 Å². The van der Waals surface area contributed by atoms with Gasteiger partial charge in [0, 0.05) is 5.39 Å². The summed E-state index contributed by atoms with van der Waals surface area (Å²) in [6.07, 6.45) is 1.63. The second-order valence-electron chi connectivity index (χ2n) is 4.63. The maximum absolute atomic E-state index is 5.29. The third-order valence-corrected chi connectivity index (χ3v) is 3.14. The summed E-state index contributed by atoms with van der Waals surface area (Å²) in [5.41, 5.74) is 5.89. The second-order valence-corrected chi connectivity index (χ2v) is 4.63. The van der Waals surface area contributed by atoms with Gasteiger partial charge in [-0.15, -0.1) is 0 Å². The highest BCUT2D eigenvalue weighted by molar-refractivity contribution is 5.96. The first kappa shape index (κ1) is 12.4. The number of hydrazone groups is 1. The summed E-state index contributed by atoms with van der Waals surface area (Å²) in [6, 6.07) is 13.8. The van der Waals surface area contributed by atoms with Gasteiger partial charge in [0.05, 0.1) is 11.8 Å². The molecular formula is C16H15N3O. The van der Waals surface area contributed by atoms with Crippen LogP contribution in [0.2, 0.25) is 0 Å². The van der Waals surface area contributed by atoms with Crippen molar-refractivity contribution < 1.29 is 4.42 Å². The number of fused-ring (bicyclic) bond motifs is 1. The minimum atomic E-state index is 0.729. The van der Waals surface area contributed by atoms with Gasteiger partial charge in [-0.3, -0.25) is 5.43 Å². The Kier molecular flexibility index (Phi) is 3.21. The van der Waals surface area contributed by atoms with Gasteiger partial charge in [0.1, 0.15) is 17.3 Å². The lowest BCUT2D eigenvalue weighted by molar-refractivity contribution is 0.557. The molecule has 0 saturated heterocycles. The Balaban J connectivity index is 1.90. The smallest absolute Gasteiger partial charge is 0.149 e. The molecule has 0 aliphatic rings. The molecule has 0 saturated carbocycles. The van der Waals surface area contributed by atoms with E-state index >= 15 is 0 Å². The van der Waals surface area contributed by atoms with Gasteiger partial charge in [-0.2, -0.15) is 5.10 Å². The van der Waals surface area contributed by atoms with Crippen molar-refractivity contribution in [2.24, 2.45) is 5.10 Å². The second kappa shape index (κ2) is 5.17. The highest BCUT2D eigenvalue weighted by atomic mass is 16.3. The topological polar surface area (TPSA) is 50.4 Å². The molecule has 0 aliphatic carbocycles. The number of rotatable bonds is 3. The molecule has 100 valence electrons. The van der Waals surface area contributed by atoms with E-state index in [4.69, 9.17) is 4.42 Å². The Morgan fingerprint density at radius 3 is 2.85 bits per heavy atom. The van der Waals surface area contributed by atoms with Gasteiger partial charge in [-0.05, 0) is 43.7 Å². The molecular weight excluding hydrogens is 250 g/mol.